The highest BCUT2D eigenvalue weighted by Gasteiger charge is 2.25. The van der Waals surface area contributed by atoms with Crippen LogP contribution in [-0.4, -0.2) is 46.0 Å². The van der Waals surface area contributed by atoms with Gasteiger partial charge in [0.25, 0.3) is 5.56 Å². The Morgan fingerprint density at radius 2 is 2.03 bits per heavy atom. The Kier molecular flexibility index (Phi) is 5.16. The van der Waals surface area contributed by atoms with Crippen molar-refractivity contribution in [3.05, 3.63) is 22.5 Å². The van der Waals surface area contributed by atoms with Gasteiger partial charge in [-0.05, 0) is 19.4 Å². The van der Waals surface area contributed by atoms with Gasteiger partial charge in [-0.25, -0.2) is 4.98 Å². The molecule has 1 atom stereocenters. The lowest BCUT2D eigenvalue weighted by atomic mass is 10.2. The van der Waals surface area contributed by atoms with Crippen molar-refractivity contribution >= 4 is 39.6 Å². The van der Waals surface area contributed by atoms with Gasteiger partial charge in [-0.2, -0.15) is 0 Å². The predicted molar refractivity (Wildman–Crippen MR) is 113 cm³/mol. The first kappa shape index (κ1) is 19.6. The SMILES string of the molecule is CC[C@@H](C)NC(=O)Cn1c2cc(OC)c(OC)cc2c2nc3n(c(=O)c21)CCS3. The lowest BCUT2D eigenvalue weighted by Gasteiger charge is -2.13. The van der Waals surface area contributed by atoms with Crippen molar-refractivity contribution in [2.75, 3.05) is 20.0 Å². The van der Waals surface area contributed by atoms with Crippen molar-refractivity contribution in [1.82, 2.24) is 19.4 Å². The fourth-order valence-electron chi connectivity index (χ4n) is 3.62. The second kappa shape index (κ2) is 7.62. The van der Waals surface area contributed by atoms with Crippen LogP contribution in [-0.2, 0) is 17.9 Å². The molecule has 0 bridgehead atoms. The summed E-state index contributed by atoms with van der Waals surface area (Å²) in [6.45, 7) is 4.62. The number of fused-ring (bicyclic) bond motifs is 4. The topological polar surface area (TPSA) is 87.4 Å². The highest BCUT2D eigenvalue weighted by Crippen LogP contribution is 2.37. The number of nitrogens with one attached hydrogen (secondary N) is 1. The van der Waals surface area contributed by atoms with Gasteiger partial charge in [0.05, 0.1) is 19.7 Å². The molecule has 0 saturated carbocycles. The normalized spacial score (nSPS) is 14.2. The second-order valence-corrected chi connectivity index (χ2v) is 8.15. The van der Waals surface area contributed by atoms with E-state index in [-0.39, 0.29) is 24.1 Å². The number of nitrogens with zero attached hydrogens (tertiary/aromatic N) is 3. The summed E-state index contributed by atoms with van der Waals surface area (Å²) in [4.78, 5) is 30.7. The lowest BCUT2D eigenvalue weighted by Crippen LogP contribution is -2.35. The van der Waals surface area contributed by atoms with Gasteiger partial charge in [0, 0.05) is 29.8 Å². The van der Waals surface area contributed by atoms with Crippen LogP contribution >= 0.6 is 11.8 Å². The third-order valence-corrected chi connectivity index (χ3v) is 6.25. The Bertz CT molecular complexity index is 1170. The van der Waals surface area contributed by atoms with Gasteiger partial charge >= 0.3 is 0 Å². The number of hydrogen-bond acceptors (Lipinski definition) is 6. The summed E-state index contributed by atoms with van der Waals surface area (Å²) < 4.78 is 14.3. The van der Waals surface area contributed by atoms with Crippen LogP contribution in [0.3, 0.4) is 0 Å². The number of thioether (sulfide) groups is 1. The third kappa shape index (κ3) is 3.23. The molecule has 1 aliphatic heterocycles. The van der Waals surface area contributed by atoms with Gasteiger partial charge < -0.3 is 19.4 Å². The van der Waals surface area contributed by atoms with E-state index in [1.54, 1.807) is 41.2 Å². The molecule has 29 heavy (non-hydrogen) atoms. The Morgan fingerprint density at radius 1 is 1.31 bits per heavy atom. The Labute approximate surface area is 172 Å². The van der Waals surface area contributed by atoms with Crippen molar-refractivity contribution in [1.29, 1.82) is 0 Å². The number of benzene rings is 1. The van der Waals surface area contributed by atoms with Crippen LogP contribution in [0.25, 0.3) is 21.9 Å². The highest BCUT2D eigenvalue weighted by molar-refractivity contribution is 7.99. The molecule has 8 nitrogen and oxygen atoms in total. The van der Waals surface area contributed by atoms with E-state index in [4.69, 9.17) is 14.5 Å². The summed E-state index contributed by atoms with van der Waals surface area (Å²) in [5.41, 5.74) is 1.61. The van der Waals surface area contributed by atoms with E-state index in [2.05, 4.69) is 5.32 Å². The fraction of sp³-hybridized carbons (Fsp3) is 0.450. The van der Waals surface area contributed by atoms with Gasteiger partial charge in [0.1, 0.15) is 17.6 Å². The molecule has 0 unspecified atom stereocenters. The van der Waals surface area contributed by atoms with E-state index < -0.39 is 0 Å². The lowest BCUT2D eigenvalue weighted by molar-refractivity contribution is -0.122. The van der Waals surface area contributed by atoms with Crippen LogP contribution in [0.5, 0.6) is 11.5 Å². The summed E-state index contributed by atoms with van der Waals surface area (Å²) in [5, 5.41) is 4.45. The van der Waals surface area contributed by atoms with Gasteiger partial charge in [-0.1, -0.05) is 18.7 Å². The van der Waals surface area contributed by atoms with Crippen LogP contribution in [0, 0.1) is 0 Å². The monoisotopic (exact) mass is 416 g/mol. The van der Waals surface area contributed by atoms with Crippen molar-refractivity contribution in [2.24, 2.45) is 0 Å². The van der Waals surface area contributed by atoms with Crippen molar-refractivity contribution in [3.8, 4) is 11.5 Å². The van der Waals surface area contributed by atoms with Crippen LogP contribution in [0.15, 0.2) is 22.1 Å². The van der Waals surface area contributed by atoms with Gasteiger partial charge in [-0.3, -0.25) is 14.2 Å². The number of aromatic nitrogens is 3. The molecule has 1 aromatic carbocycles. The minimum atomic E-state index is -0.146. The minimum absolute atomic E-state index is 0.0310. The van der Waals surface area contributed by atoms with Gasteiger partial charge in [-0.15, -0.1) is 0 Å². The smallest absolute Gasteiger partial charge is 0.278 e. The maximum absolute atomic E-state index is 13.3. The summed E-state index contributed by atoms with van der Waals surface area (Å²) in [6.07, 6.45) is 0.832. The van der Waals surface area contributed by atoms with E-state index >= 15 is 0 Å². The number of hydrogen-bond donors (Lipinski definition) is 1. The molecule has 3 aromatic rings. The molecule has 1 aliphatic rings. The molecule has 154 valence electrons. The molecule has 2 aromatic heterocycles. The van der Waals surface area contributed by atoms with Gasteiger partial charge in [0.2, 0.25) is 5.91 Å². The standard InChI is InChI=1S/C20H24N4O4S/c1-5-11(2)21-16(25)10-24-13-9-15(28-4)14(27-3)8-12(13)17-18(24)19(26)23-6-7-29-20(23)22-17/h8-9,11H,5-7,10H2,1-4H3,(H,21,25)/t11-/m1/s1. The maximum Gasteiger partial charge on any atom is 0.278 e. The average Bonchev–Trinajstić information content (AvgIpc) is 3.30. The molecule has 0 spiro atoms. The van der Waals surface area contributed by atoms with Crippen LogP contribution < -0.4 is 20.3 Å². The largest absolute Gasteiger partial charge is 0.493 e. The molecule has 4 rings (SSSR count). The van der Waals surface area contributed by atoms with Crippen LogP contribution in [0.1, 0.15) is 20.3 Å². The molecular weight excluding hydrogens is 392 g/mol. The zero-order valence-electron chi connectivity index (χ0n) is 16.9. The summed E-state index contributed by atoms with van der Waals surface area (Å²) >= 11 is 1.56. The fourth-order valence-corrected chi connectivity index (χ4v) is 4.57. The number of methoxy groups -OCH3 is 2. The number of amides is 1. The van der Waals surface area contributed by atoms with Crippen LogP contribution in [0.4, 0.5) is 0 Å². The van der Waals surface area contributed by atoms with Crippen molar-refractivity contribution < 1.29 is 14.3 Å². The first-order valence-electron chi connectivity index (χ1n) is 9.59. The first-order valence-corrected chi connectivity index (χ1v) is 10.6. The van der Waals surface area contributed by atoms with Crippen molar-refractivity contribution in [3.63, 3.8) is 0 Å². The maximum atomic E-state index is 13.3. The molecular formula is C20H24N4O4S. The third-order valence-electron chi connectivity index (χ3n) is 5.30. The Hall–Kier alpha value is -2.68. The molecule has 9 heteroatoms. The number of rotatable bonds is 6. The zero-order chi connectivity index (χ0) is 20.7. The summed E-state index contributed by atoms with van der Waals surface area (Å²) in [5.74, 6) is 1.76. The molecule has 0 aliphatic carbocycles. The molecule has 1 N–H and O–H groups in total. The quantitative estimate of drug-likeness (QED) is 0.621. The second-order valence-electron chi connectivity index (χ2n) is 7.08. The Morgan fingerprint density at radius 3 is 2.72 bits per heavy atom. The molecule has 3 heterocycles. The highest BCUT2D eigenvalue weighted by atomic mass is 32.2. The average molecular weight is 417 g/mol. The molecule has 1 amide bonds. The number of carbonyl (C=O) groups is 1. The van der Waals surface area contributed by atoms with E-state index in [9.17, 15) is 9.59 Å². The molecule has 0 radical (unpaired) electrons. The van der Waals surface area contributed by atoms with E-state index in [1.165, 1.54) is 0 Å². The predicted octanol–water partition coefficient (Wildman–Crippen LogP) is 2.39. The van der Waals surface area contributed by atoms with E-state index in [1.807, 2.05) is 19.9 Å². The van der Waals surface area contributed by atoms with Crippen molar-refractivity contribution in [2.45, 2.75) is 44.6 Å². The van der Waals surface area contributed by atoms with E-state index in [0.29, 0.717) is 34.2 Å². The number of carbonyl (C=O) groups excluding carboxylic acids is 1. The summed E-state index contributed by atoms with van der Waals surface area (Å²) in [6, 6.07) is 3.68. The minimum Gasteiger partial charge on any atom is -0.493 e. The van der Waals surface area contributed by atoms with Crippen LogP contribution in [0.2, 0.25) is 0 Å². The zero-order valence-corrected chi connectivity index (χ0v) is 17.8. The Balaban J connectivity index is 1.99. The van der Waals surface area contributed by atoms with Gasteiger partial charge in [0.15, 0.2) is 16.7 Å². The summed E-state index contributed by atoms with van der Waals surface area (Å²) in [7, 11) is 3.13. The molecule has 0 fully saturated rings. The number of ether oxygens (including phenoxy) is 2. The molecule has 0 saturated heterocycles. The first-order chi connectivity index (χ1) is 14.0. The van der Waals surface area contributed by atoms with E-state index in [0.717, 1.165) is 23.1 Å².